The largest absolute Gasteiger partial charge is 0.493 e. The second kappa shape index (κ2) is 7.38. The van der Waals surface area contributed by atoms with E-state index in [1.807, 2.05) is 0 Å². The van der Waals surface area contributed by atoms with Gasteiger partial charge in [-0.2, -0.15) is 0 Å². The Kier molecular flexibility index (Phi) is 5.01. The van der Waals surface area contributed by atoms with Crippen LogP contribution in [0.2, 0.25) is 0 Å². The fourth-order valence-electron chi connectivity index (χ4n) is 2.36. The van der Waals surface area contributed by atoms with Crippen molar-refractivity contribution in [3.05, 3.63) is 53.4 Å². The minimum Gasteiger partial charge on any atom is -0.493 e. The highest BCUT2D eigenvalue weighted by molar-refractivity contribution is 6.02. The third-order valence-electron chi connectivity index (χ3n) is 3.57. The van der Waals surface area contributed by atoms with Gasteiger partial charge in [0.25, 0.3) is 0 Å². The number of hydrogen-bond acceptors (Lipinski definition) is 4. The summed E-state index contributed by atoms with van der Waals surface area (Å²) in [5.41, 5.74) is 0.116. The van der Waals surface area contributed by atoms with E-state index in [4.69, 9.17) is 14.2 Å². The Morgan fingerprint density at radius 2 is 1.92 bits per heavy atom. The van der Waals surface area contributed by atoms with Crippen molar-refractivity contribution >= 4 is 17.7 Å². The molecule has 2 aromatic rings. The number of hydrogen-bond donors (Lipinski definition) is 1. The summed E-state index contributed by atoms with van der Waals surface area (Å²) < 4.78 is 55.8. The molecule has 3 rings (SSSR count). The summed E-state index contributed by atoms with van der Waals surface area (Å²) in [7, 11) is 1.47. The Labute approximate surface area is 147 Å². The number of carbonyl (C=O) groups excluding carboxylic acids is 1. The zero-order valence-electron chi connectivity index (χ0n) is 13.6. The van der Waals surface area contributed by atoms with E-state index in [0.717, 1.165) is 18.2 Å². The van der Waals surface area contributed by atoms with Crippen LogP contribution in [0.1, 0.15) is 5.56 Å². The summed E-state index contributed by atoms with van der Waals surface area (Å²) in [4.78, 5) is 11.9. The first-order valence-corrected chi connectivity index (χ1v) is 7.60. The first-order chi connectivity index (χ1) is 12.5. The predicted molar refractivity (Wildman–Crippen MR) is 88.0 cm³/mol. The zero-order chi connectivity index (χ0) is 18.7. The molecule has 136 valence electrons. The molecule has 0 unspecified atom stereocenters. The number of halogens is 3. The van der Waals surface area contributed by atoms with Crippen LogP contribution in [0.15, 0.2) is 30.3 Å². The smallest absolute Gasteiger partial charge is 0.248 e. The van der Waals surface area contributed by atoms with E-state index in [2.05, 4.69) is 5.32 Å². The lowest BCUT2D eigenvalue weighted by atomic mass is 10.1. The van der Waals surface area contributed by atoms with Gasteiger partial charge < -0.3 is 19.5 Å². The normalized spacial score (nSPS) is 12.9. The van der Waals surface area contributed by atoms with Crippen molar-refractivity contribution in [3.63, 3.8) is 0 Å². The molecule has 5 nitrogen and oxygen atoms in total. The molecule has 1 amide bonds. The molecule has 0 radical (unpaired) electrons. The van der Waals surface area contributed by atoms with Crippen molar-refractivity contribution < 1.29 is 32.2 Å². The first-order valence-electron chi connectivity index (χ1n) is 7.60. The van der Waals surface area contributed by atoms with Crippen LogP contribution in [0.3, 0.4) is 0 Å². The lowest BCUT2D eigenvalue weighted by molar-refractivity contribution is -0.111. The summed E-state index contributed by atoms with van der Waals surface area (Å²) in [5.74, 6) is -3.78. The van der Waals surface area contributed by atoms with Gasteiger partial charge in [0.15, 0.2) is 29.0 Å². The van der Waals surface area contributed by atoms with Gasteiger partial charge in [-0.3, -0.25) is 4.79 Å². The number of methoxy groups -OCH3 is 1. The molecule has 0 fully saturated rings. The van der Waals surface area contributed by atoms with Crippen LogP contribution in [0.4, 0.5) is 18.9 Å². The van der Waals surface area contributed by atoms with Crippen LogP contribution in [0, 0.1) is 17.5 Å². The zero-order valence-corrected chi connectivity index (χ0v) is 13.6. The van der Waals surface area contributed by atoms with Crippen LogP contribution in [-0.2, 0) is 4.79 Å². The standard InChI is InChI=1S/C18H14F3NO4/c1-24-13-8-10(9-14-18(13)26-7-6-25-14)2-5-15(23)22-12-4-3-11(19)16(20)17(12)21/h2-5,8-9H,6-7H2,1H3,(H,22,23). The maximum atomic E-state index is 13.6. The summed E-state index contributed by atoms with van der Waals surface area (Å²) in [5, 5.41) is 2.14. The molecule has 8 heteroatoms. The molecule has 0 saturated heterocycles. The van der Waals surface area contributed by atoms with Gasteiger partial charge >= 0.3 is 0 Å². The topological polar surface area (TPSA) is 56.8 Å². The summed E-state index contributed by atoms with van der Waals surface area (Å²) in [6.07, 6.45) is 2.55. The number of ether oxygens (including phenoxy) is 3. The molecule has 0 aliphatic carbocycles. The fourth-order valence-corrected chi connectivity index (χ4v) is 2.36. The van der Waals surface area contributed by atoms with Crippen LogP contribution in [0.25, 0.3) is 6.08 Å². The third-order valence-corrected chi connectivity index (χ3v) is 3.57. The number of rotatable bonds is 4. The summed E-state index contributed by atoms with van der Waals surface area (Å²) in [6, 6.07) is 4.95. The van der Waals surface area contributed by atoms with E-state index in [1.54, 1.807) is 12.1 Å². The average Bonchev–Trinajstić information content (AvgIpc) is 2.66. The molecule has 1 aliphatic heterocycles. The number of carbonyl (C=O) groups is 1. The fraction of sp³-hybridized carbons (Fsp3) is 0.167. The minimum atomic E-state index is -1.65. The molecule has 2 aromatic carbocycles. The van der Waals surface area contributed by atoms with Gasteiger partial charge in [0.05, 0.1) is 12.8 Å². The van der Waals surface area contributed by atoms with Crippen LogP contribution in [0.5, 0.6) is 17.2 Å². The lowest BCUT2D eigenvalue weighted by Gasteiger charge is -2.20. The summed E-state index contributed by atoms with van der Waals surface area (Å²) in [6.45, 7) is 0.792. The van der Waals surface area contributed by atoms with Crippen molar-refractivity contribution in [1.29, 1.82) is 0 Å². The minimum absolute atomic E-state index is 0.388. The van der Waals surface area contributed by atoms with Gasteiger partial charge in [-0.1, -0.05) is 0 Å². The van der Waals surface area contributed by atoms with Crippen LogP contribution in [-0.4, -0.2) is 26.2 Å². The molecule has 0 saturated carbocycles. The van der Waals surface area contributed by atoms with Crippen LogP contribution >= 0.6 is 0 Å². The summed E-state index contributed by atoms with van der Waals surface area (Å²) >= 11 is 0. The number of anilines is 1. The second-order valence-electron chi connectivity index (χ2n) is 5.29. The van der Waals surface area contributed by atoms with Crippen molar-refractivity contribution in [3.8, 4) is 17.2 Å². The monoisotopic (exact) mass is 365 g/mol. The second-order valence-corrected chi connectivity index (χ2v) is 5.29. The van der Waals surface area contributed by atoms with Gasteiger partial charge in [0.1, 0.15) is 13.2 Å². The van der Waals surface area contributed by atoms with Crippen molar-refractivity contribution in [2.75, 3.05) is 25.6 Å². The molecule has 26 heavy (non-hydrogen) atoms. The molecule has 0 bridgehead atoms. The Morgan fingerprint density at radius 3 is 2.69 bits per heavy atom. The van der Waals surface area contributed by atoms with Gasteiger partial charge in [0, 0.05) is 6.08 Å². The molecular formula is C18H14F3NO4. The molecule has 1 aliphatic rings. The highest BCUT2D eigenvalue weighted by Gasteiger charge is 2.18. The molecular weight excluding hydrogens is 351 g/mol. The van der Waals surface area contributed by atoms with E-state index in [0.29, 0.717) is 36.0 Å². The Bertz CT molecular complexity index is 866. The van der Waals surface area contributed by atoms with E-state index < -0.39 is 29.0 Å². The quantitative estimate of drug-likeness (QED) is 0.665. The van der Waals surface area contributed by atoms with E-state index in [1.165, 1.54) is 13.2 Å². The molecule has 0 aromatic heterocycles. The maximum absolute atomic E-state index is 13.6. The Morgan fingerprint density at radius 1 is 1.15 bits per heavy atom. The van der Waals surface area contributed by atoms with Crippen molar-refractivity contribution in [1.82, 2.24) is 0 Å². The first kappa shape index (κ1) is 17.7. The van der Waals surface area contributed by atoms with Crippen molar-refractivity contribution in [2.24, 2.45) is 0 Å². The van der Waals surface area contributed by atoms with Gasteiger partial charge in [-0.15, -0.1) is 0 Å². The van der Waals surface area contributed by atoms with E-state index >= 15 is 0 Å². The van der Waals surface area contributed by atoms with Gasteiger partial charge in [0.2, 0.25) is 11.7 Å². The number of benzene rings is 2. The highest BCUT2D eigenvalue weighted by Crippen LogP contribution is 2.40. The highest BCUT2D eigenvalue weighted by atomic mass is 19.2. The SMILES string of the molecule is COc1cc(C=CC(=O)Nc2ccc(F)c(F)c2F)cc2c1OCCO2. The maximum Gasteiger partial charge on any atom is 0.248 e. The van der Waals surface area contributed by atoms with Gasteiger partial charge in [-0.05, 0) is 35.9 Å². The third kappa shape index (κ3) is 3.58. The van der Waals surface area contributed by atoms with E-state index in [-0.39, 0.29) is 0 Å². The Hall–Kier alpha value is -3.16. The number of nitrogens with one attached hydrogen (secondary N) is 1. The molecule has 1 heterocycles. The number of fused-ring (bicyclic) bond motifs is 1. The van der Waals surface area contributed by atoms with Gasteiger partial charge in [-0.25, -0.2) is 13.2 Å². The molecule has 0 atom stereocenters. The molecule has 1 N–H and O–H groups in total. The van der Waals surface area contributed by atoms with E-state index in [9.17, 15) is 18.0 Å². The average molecular weight is 365 g/mol. The predicted octanol–water partition coefficient (Wildman–Crippen LogP) is 3.54. The van der Waals surface area contributed by atoms with Crippen molar-refractivity contribution in [2.45, 2.75) is 0 Å². The van der Waals surface area contributed by atoms with Crippen LogP contribution < -0.4 is 19.5 Å². The number of amides is 1. The molecule has 0 spiro atoms. The Balaban J connectivity index is 1.77. The lowest BCUT2D eigenvalue weighted by Crippen LogP contribution is -2.16.